The quantitative estimate of drug-likeness (QED) is 0.759. The Bertz CT molecular complexity index is 694. The highest BCUT2D eigenvalue weighted by Gasteiger charge is 2.19. The third-order valence-electron chi connectivity index (χ3n) is 3.59. The van der Waals surface area contributed by atoms with E-state index in [1.54, 1.807) is 6.26 Å². The molecule has 3 rings (SSSR count). The van der Waals surface area contributed by atoms with Gasteiger partial charge < -0.3 is 9.73 Å². The first kappa shape index (κ1) is 12.0. The molecule has 2 nitrogen and oxygen atoms in total. The molecule has 2 heteroatoms. The molecular formula is C17H17NO. The van der Waals surface area contributed by atoms with Gasteiger partial charge in [-0.15, -0.1) is 0 Å². The van der Waals surface area contributed by atoms with E-state index in [0.717, 1.165) is 5.76 Å². The molecule has 1 unspecified atom stereocenters. The maximum absolute atomic E-state index is 5.66. The number of aryl methyl sites for hydroxylation is 1. The Labute approximate surface area is 113 Å². The van der Waals surface area contributed by atoms with Crippen molar-refractivity contribution >= 4 is 10.8 Å². The maximum atomic E-state index is 5.66. The minimum atomic E-state index is 0.0844. The number of hydrogen-bond donors (Lipinski definition) is 1. The molecule has 0 radical (unpaired) electrons. The number of hydrogen-bond acceptors (Lipinski definition) is 2. The summed E-state index contributed by atoms with van der Waals surface area (Å²) >= 11 is 0. The van der Waals surface area contributed by atoms with Gasteiger partial charge in [-0.1, -0.05) is 42.5 Å². The Morgan fingerprint density at radius 3 is 2.53 bits per heavy atom. The monoisotopic (exact) mass is 251 g/mol. The summed E-state index contributed by atoms with van der Waals surface area (Å²) < 4.78 is 5.66. The molecule has 0 spiro atoms. The van der Waals surface area contributed by atoms with E-state index in [9.17, 15) is 0 Å². The number of furan rings is 1. The van der Waals surface area contributed by atoms with Crippen LogP contribution in [-0.4, -0.2) is 7.05 Å². The topological polar surface area (TPSA) is 25.2 Å². The lowest BCUT2D eigenvalue weighted by Crippen LogP contribution is -2.18. The second-order valence-electron chi connectivity index (χ2n) is 4.76. The van der Waals surface area contributed by atoms with Crippen molar-refractivity contribution in [2.24, 2.45) is 0 Å². The van der Waals surface area contributed by atoms with Crippen LogP contribution in [0.5, 0.6) is 0 Å². The van der Waals surface area contributed by atoms with E-state index in [1.165, 1.54) is 21.9 Å². The first-order valence-electron chi connectivity index (χ1n) is 6.50. The normalized spacial score (nSPS) is 12.7. The number of rotatable bonds is 3. The summed E-state index contributed by atoms with van der Waals surface area (Å²) in [6.45, 7) is 2.08. The molecule has 19 heavy (non-hydrogen) atoms. The molecule has 1 aromatic heterocycles. The SMILES string of the molecule is CNC(c1occc1C)c1cccc2ccccc12. The Kier molecular flexibility index (Phi) is 3.10. The third kappa shape index (κ3) is 2.04. The largest absolute Gasteiger partial charge is 0.467 e. The summed E-state index contributed by atoms with van der Waals surface area (Å²) in [5.41, 5.74) is 2.42. The molecule has 0 saturated carbocycles. The van der Waals surface area contributed by atoms with E-state index in [1.807, 2.05) is 13.1 Å². The van der Waals surface area contributed by atoms with Gasteiger partial charge in [0.15, 0.2) is 0 Å². The van der Waals surface area contributed by atoms with Crippen LogP contribution in [0.3, 0.4) is 0 Å². The van der Waals surface area contributed by atoms with Crippen molar-refractivity contribution in [2.45, 2.75) is 13.0 Å². The Hall–Kier alpha value is -2.06. The fourth-order valence-electron chi connectivity index (χ4n) is 2.61. The third-order valence-corrected chi connectivity index (χ3v) is 3.59. The van der Waals surface area contributed by atoms with Crippen molar-refractivity contribution in [1.29, 1.82) is 0 Å². The van der Waals surface area contributed by atoms with Gasteiger partial charge in [-0.2, -0.15) is 0 Å². The zero-order valence-corrected chi connectivity index (χ0v) is 11.2. The highest BCUT2D eigenvalue weighted by molar-refractivity contribution is 5.86. The van der Waals surface area contributed by atoms with Crippen molar-refractivity contribution < 1.29 is 4.42 Å². The van der Waals surface area contributed by atoms with Crippen molar-refractivity contribution in [1.82, 2.24) is 5.32 Å². The van der Waals surface area contributed by atoms with Crippen LogP contribution in [0.1, 0.15) is 22.9 Å². The summed E-state index contributed by atoms with van der Waals surface area (Å²) in [5.74, 6) is 0.985. The second-order valence-corrected chi connectivity index (χ2v) is 4.76. The molecule has 0 fully saturated rings. The lowest BCUT2D eigenvalue weighted by molar-refractivity contribution is 0.461. The highest BCUT2D eigenvalue weighted by atomic mass is 16.3. The van der Waals surface area contributed by atoms with Gasteiger partial charge in [0.2, 0.25) is 0 Å². The molecule has 0 aliphatic rings. The summed E-state index contributed by atoms with van der Waals surface area (Å²) in [4.78, 5) is 0. The average molecular weight is 251 g/mol. The summed E-state index contributed by atoms with van der Waals surface area (Å²) in [6, 6.07) is 16.9. The van der Waals surface area contributed by atoms with Gasteiger partial charge in [0, 0.05) is 0 Å². The Morgan fingerprint density at radius 2 is 1.79 bits per heavy atom. The van der Waals surface area contributed by atoms with Gasteiger partial charge in [0.25, 0.3) is 0 Å². The molecule has 1 atom stereocenters. The molecule has 3 aromatic rings. The fourth-order valence-corrected chi connectivity index (χ4v) is 2.61. The molecule has 0 bridgehead atoms. The highest BCUT2D eigenvalue weighted by Crippen LogP contribution is 2.30. The van der Waals surface area contributed by atoms with E-state index in [-0.39, 0.29) is 6.04 Å². The van der Waals surface area contributed by atoms with Crippen molar-refractivity contribution in [3.63, 3.8) is 0 Å². The first-order chi connectivity index (χ1) is 9.31. The van der Waals surface area contributed by atoms with E-state index in [2.05, 4.69) is 54.7 Å². The van der Waals surface area contributed by atoms with Crippen LogP contribution in [0.25, 0.3) is 10.8 Å². The lowest BCUT2D eigenvalue weighted by Gasteiger charge is -2.17. The van der Waals surface area contributed by atoms with E-state index >= 15 is 0 Å². The maximum Gasteiger partial charge on any atom is 0.128 e. The average Bonchev–Trinajstić information content (AvgIpc) is 2.86. The molecule has 96 valence electrons. The van der Waals surface area contributed by atoms with Crippen LogP contribution in [0.2, 0.25) is 0 Å². The van der Waals surface area contributed by atoms with Crippen LogP contribution < -0.4 is 5.32 Å². The zero-order chi connectivity index (χ0) is 13.2. The summed E-state index contributed by atoms with van der Waals surface area (Å²) in [7, 11) is 1.97. The molecule has 2 aromatic carbocycles. The Morgan fingerprint density at radius 1 is 1.00 bits per heavy atom. The van der Waals surface area contributed by atoms with E-state index < -0.39 is 0 Å². The van der Waals surface area contributed by atoms with Crippen molar-refractivity contribution in [3.8, 4) is 0 Å². The zero-order valence-electron chi connectivity index (χ0n) is 11.2. The van der Waals surface area contributed by atoms with Crippen molar-refractivity contribution in [2.75, 3.05) is 7.05 Å². The minimum Gasteiger partial charge on any atom is -0.467 e. The molecule has 0 aliphatic heterocycles. The summed E-state index contributed by atoms with van der Waals surface area (Å²) in [5, 5.41) is 5.88. The van der Waals surface area contributed by atoms with Crippen LogP contribution in [0, 0.1) is 6.92 Å². The van der Waals surface area contributed by atoms with Crippen molar-refractivity contribution in [3.05, 3.63) is 71.7 Å². The Balaban J connectivity index is 2.20. The fraction of sp³-hybridized carbons (Fsp3) is 0.176. The predicted molar refractivity (Wildman–Crippen MR) is 78.3 cm³/mol. The predicted octanol–water partition coefficient (Wildman–Crippen LogP) is 4.05. The van der Waals surface area contributed by atoms with Gasteiger partial charge in [-0.25, -0.2) is 0 Å². The number of nitrogens with one attached hydrogen (secondary N) is 1. The molecule has 1 N–H and O–H groups in total. The second kappa shape index (κ2) is 4.90. The minimum absolute atomic E-state index is 0.0844. The molecule has 0 aliphatic carbocycles. The molecule has 0 saturated heterocycles. The number of benzene rings is 2. The van der Waals surface area contributed by atoms with Crippen LogP contribution in [0.4, 0.5) is 0 Å². The van der Waals surface area contributed by atoms with E-state index in [4.69, 9.17) is 4.42 Å². The molecular weight excluding hydrogens is 234 g/mol. The molecule has 1 heterocycles. The van der Waals surface area contributed by atoms with Gasteiger partial charge >= 0.3 is 0 Å². The molecule has 0 amide bonds. The van der Waals surface area contributed by atoms with Crippen LogP contribution in [0.15, 0.2) is 59.2 Å². The summed E-state index contributed by atoms with van der Waals surface area (Å²) in [6.07, 6.45) is 1.75. The van der Waals surface area contributed by atoms with Gasteiger partial charge in [-0.05, 0) is 41.9 Å². The van der Waals surface area contributed by atoms with Gasteiger partial charge in [0.05, 0.1) is 12.3 Å². The standard InChI is InChI=1S/C17H17NO/c1-12-10-11-19-17(12)16(18-2)15-9-5-7-13-6-3-4-8-14(13)15/h3-11,16,18H,1-2H3. The van der Waals surface area contributed by atoms with Gasteiger partial charge in [0.1, 0.15) is 5.76 Å². The smallest absolute Gasteiger partial charge is 0.128 e. The van der Waals surface area contributed by atoms with Gasteiger partial charge in [-0.3, -0.25) is 0 Å². The first-order valence-corrected chi connectivity index (χ1v) is 6.50. The van der Waals surface area contributed by atoms with Crippen LogP contribution >= 0.6 is 0 Å². The van der Waals surface area contributed by atoms with Crippen LogP contribution in [-0.2, 0) is 0 Å². The van der Waals surface area contributed by atoms with E-state index in [0.29, 0.717) is 0 Å². The number of fused-ring (bicyclic) bond motifs is 1. The lowest BCUT2D eigenvalue weighted by atomic mass is 9.96.